The average Bonchev–Trinajstić information content (AvgIpc) is 3.34. The first-order valence-electron chi connectivity index (χ1n) is 11.8. The van der Waals surface area contributed by atoms with Crippen LogP contribution in [0.5, 0.6) is 0 Å². The van der Waals surface area contributed by atoms with Gasteiger partial charge in [0.1, 0.15) is 0 Å². The number of para-hydroxylation sites is 1. The van der Waals surface area contributed by atoms with Gasteiger partial charge >= 0.3 is 5.97 Å². The lowest BCUT2D eigenvalue weighted by Crippen LogP contribution is -2.39. The number of hydrogen-bond acceptors (Lipinski definition) is 6. The van der Waals surface area contributed by atoms with Gasteiger partial charge in [0.15, 0.2) is 4.80 Å². The molecular weight excluding hydrogens is 472 g/mol. The van der Waals surface area contributed by atoms with Crippen LogP contribution in [0, 0.1) is 13.8 Å². The topological polar surface area (TPSA) is 78.5 Å². The molecule has 2 aromatic carbocycles. The Kier molecular flexibility index (Phi) is 6.28. The number of thiazole rings is 1. The van der Waals surface area contributed by atoms with Crippen LogP contribution >= 0.6 is 11.3 Å². The van der Waals surface area contributed by atoms with Crippen molar-refractivity contribution in [3.05, 3.63) is 114 Å². The second-order valence-corrected chi connectivity index (χ2v) is 9.55. The molecule has 1 atom stereocenters. The van der Waals surface area contributed by atoms with Gasteiger partial charge in [-0.25, -0.2) is 14.5 Å². The van der Waals surface area contributed by atoms with E-state index in [4.69, 9.17) is 9.84 Å². The number of carbonyl (C=O) groups excluding carboxylic acids is 1. The van der Waals surface area contributed by atoms with Gasteiger partial charge in [-0.15, -0.1) is 0 Å². The Hall–Kier alpha value is -4.04. The highest BCUT2D eigenvalue weighted by Gasteiger charge is 2.33. The first-order valence-corrected chi connectivity index (χ1v) is 12.6. The van der Waals surface area contributed by atoms with Gasteiger partial charge in [-0.1, -0.05) is 59.9 Å². The minimum absolute atomic E-state index is 0.201. The van der Waals surface area contributed by atoms with Crippen LogP contribution in [0.2, 0.25) is 0 Å². The number of allylic oxidation sites excluding steroid dienone is 1. The van der Waals surface area contributed by atoms with E-state index in [0.717, 1.165) is 28.2 Å². The quantitative estimate of drug-likeness (QED) is 0.394. The van der Waals surface area contributed by atoms with Crippen LogP contribution < -0.4 is 14.9 Å². The molecule has 1 unspecified atom stereocenters. The number of benzene rings is 2. The number of esters is 1. The lowest BCUT2D eigenvalue weighted by Gasteiger charge is -2.24. The molecule has 0 radical (unpaired) electrons. The molecule has 2 aromatic heterocycles. The van der Waals surface area contributed by atoms with Gasteiger partial charge in [-0.05, 0) is 51.5 Å². The molecule has 182 valence electrons. The number of aromatic nitrogens is 3. The van der Waals surface area contributed by atoms with Crippen molar-refractivity contribution < 1.29 is 9.53 Å². The summed E-state index contributed by atoms with van der Waals surface area (Å²) in [6, 6.07) is 18.8. The van der Waals surface area contributed by atoms with Crippen molar-refractivity contribution in [2.24, 2.45) is 4.99 Å². The summed E-state index contributed by atoms with van der Waals surface area (Å²) in [7, 11) is 0. The normalized spacial score (nSPS) is 15.6. The monoisotopic (exact) mass is 498 g/mol. The van der Waals surface area contributed by atoms with Crippen molar-refractivity contribution in [3.8, 4) is 5.69 Å². The fraction of sp³-hybridized carbons (Fsp3) is 0.214. The average molecular weight is 499 g/mol. The molecule has 3 heterocycles. The standard InChI is InChI=1S/C28H26N4O3S/c1-5-35-27(34)24-18(3)29-28-31(25(24)20-12-8-6-9-13-20)26(33)23(36-28)16-22-17(2)30-32(19(22)4)21-14-10-7-11-15-21/h6-16,25H,5H2,1-4H3/b23-16+. The van der Waals surface area contributed by atoms with Crippen molar-refractivity contribution >= 4 is 23.4 Å². The van der Waals surface area contributed by atoms with Crippen LogP contribution in [0.3, 0.4) is 0 Å². The molecule has 4 aromatic rings. The van der Waals surface area contributed by atoms with Crippen LogP contribution in [-0.4, -0.2) is 26.9 Å². The van der Waals surface area contributed by atoms with Crippen LogP contribution in [-0.2, 0) is 9.53 Å². The zero-order valence-corrected chi connectivity index (χ0v) is 21.4. The molecule has 0 amide bonds. The van der Waals surface area contributed by atoms with Gasteiger partial charge in [0.2, 0.25) is 0 Å². The number of rotatable bonds is 5. The van der Waals surface area contributed by atoms with Gasteiger partial charge in [-0.2, -0.15) is 5.10 Å². The van der Waals surface area contributed by atoms with Crippen molar-refractivity contribution in [2.75, 3.05) is 6.61 Å². The number of fused-ring (bicyclic) bond motifs is 1. The van der Waals surface area contributed by atoms with E-state index < -0.39 is 12.0 Å². The van der Waals surface area contributed by atoms with Gasteiger partial charge < -0.3 is 4.74 Å². The number of ether oxygens (including phenoxy) is 1. The van der Waals surface area contributed by atoms with Crippen molar-refractivity contribution in [1.82, 2.24) is 14.3 Å². The number of carbonyl (C=O) groups is 1. The van der Waals surface area contributed by atoms with E-state index in [0.29, 0.717) is 20.6 Å². The molecule has 0 bridgehead atoms. The molecular formula is C28H26N4O3S. The van der Waals surface area contributed by atoms with E-state index in [9.17, 15) is 9.59 Å². The maximum Gasteiger partial charge on any atom is 0.338 e. The first kappa shape index (κ1) is 23.7. The fourth-order valence-corrected chi connectivity index (χ4v) is 5.59. The zero-order chi connectivity index (χ0) is 25.4. The smallest absolute Gasteiger partial charge is 0.338 e. The molecule has 36 heavy (non-hydrogen) atoms. The number of nitrogens with zero attached hydrogens (tertiary/aromatic N) is 4. The lowest BCUT2D eigenvalue weighted by molar-refractivity contribution is -0.139. The summed E-state index contributed by atoms with van der Waals surface area (Å²) in [6.45, 7) is 7.72. The molecule has 5 rings (SSSR count). The maximum atomic E-state index is 13.8. The molecule has 0 saturated carbocycles. The van der Waals surface area contributed by atoms with E-state index in [2.05, 4.69) is 4.99 Å². The summed E-state index contributed by atoms with van der Waals surface area (Å²) in [5, 5.41) is 4.71. The third-order valence-corrected chi connectivity index (χ3v) is 7.24. The lowest BCUT2D eigenvalue weighted by atomic mass is 9.96. The van der Waals surface area contributed by atoms with Crippen molar-refractivity contribution in [1.29, 1.82) is 0 Å². The Morgan fingerprint density at radius 3 is 2.39 bits per heavy atom. The summed E-state index contributed by atoms with van der Waals surface area (Å²) in [6.07, 6.45) is 1.88. The first-order chi connectivity index (χ1) is 17.4. The highest BCUT2D eigenvalue weighted by atomic mass is 32.1. The predicted octanol–water partition coefficient (Wildman–Crippen LogP) is 3.60. The van der Waals surface area contributed by atoms with Crippen LogP contribution in [0.4, 0.5) is 0 Å². The molecule has 0 spiro atoms. The van der Waals surface area contributed by atoms with Gasteiger partial charge in [0.25, 0.3) is 5.56 Å². The summed E-state index contributed by atoms with van der Waals surface area (Å²) >= 11 is 1.31. The van der Waals surface area contributed by atoms with E-state index in [-0.39, 0.29) is 12.2 Å². The molecule has 1 aliphatic heterocycles. The molecule has 8 heteroatoms. The molecule has 0 fully saturated rings. The summed E-state index contributed by atoms with van der Waals surface area (Å²) in [5.74, 6) is -0.460. The third-order valence-electron chi connectivity index (χ3n) is 6.26. The Morgan fingerprint density at radius 1 is 1.06 bits per heavy atom. The molecule has 7 nitrogen and oxygen atoms in total. The Labute approximate surface area is 212 Å². The Balaban J connectivity index is 1.70. The van der Waals surface area contributed by atoms with Gasteiger partial charge in [0, 0.05) is 11.3 Å². The minimum atomic E-state index is -0.613. The minimum Gasteiger partial charge on any atom is -0.463 e. The number of aryl methyl sites for hydroxylation is 1. The second-order valence-electron chi connectivity index (χ2n) is 8.54. The summed E-state index contributed by atoms with van der Waals surface area (Å²) < 4.78 is 9.37. The van der Waals surface area contributed by atoms with Crippen molar-refractivity contribution in [2.45, 2.75) is 33.7 Å². The number of hydrogen-bond donors (Lipinski definition) is 0. The Morgan fingerprint density at radius 2 is 1.72 bits per heavy atom. The molecule has 0 N–H and O–H groups in total. The van der Waals surface area contributed by atoms with E-state index >= 15 is 0 Å². The third kappa shape index (κ3) is 4.03. The maximum absolute atomic E-state index is 13.8. The van der Waals surface area contributed by atoms with E-state index in [1.807, 2.05) is 85.3 Å². The summed E-state index contributed by atoms with van der Waals surface area (Å²) in [5.41, 5.74) is 5.17. The van der Waals surface area contributed by atoms with Gasteiger partial charge in [-0.3, -0.25) is 9.36 Å². The largest absolute Gasteiger partial charge is 0.463 e. The van der Waals surface area contributed by atoms with Gasteiger partial charge in [0.05, 0.1) is 39.8 Å². The van der Waals surface area contributed by atoms with Crippen molar-refractivity contribution in [3.63, 3.8) is 0 Å². The van der Waals surface area contributed by atoms with Crippen LogP contribution in [0.15, 0.2) is 81.7 Å². The second kappa shape index (κ2) is 9.54. The van der Waals surface area contributed by atoms with E-state index in [1.54, 1.807) is 18.4 Å². The highest BCUT2D eigenvalue weighted by molar-refractivity contribution is 7.07. The zero-order valence-electron chi connectivity index (χ0n) is 20.6. The summed E-state index contributed by atoms with van der Waals surface area (Å²) in [4.78, 5) is 32.0. The highest BCUT2D eigenvalue weighted by Crippen LogP contribution is 2.30. The molecule has 0 saturated heterocycles. The van der Waals surface area contributed by atoms with Crippen LogP contribution in [0.25, 0.3) is 11.8 Å². The molecule has 1 aliphatic rings. The van der Waals surface area contributed by atoms with E-state index in [1.165, 1.54) is 11.3 Å². The predicted molar refractivity (Wildman–Crippen MR) is 140 cm³/mol. The molecule has 0 aliphatic carbocycles. The fourth-order valence-electron chi connectivity index (χ4n) is 4.56. The van der Waals surface area contributed by atoms with Crippen LogP contribution in [0.1, 0.15) is 42.4 Å². The Bertz CT molecular complexity index is 1660. The SMILES string of the molecule is CCOC(=O)C1=C(C)N=c2s/c(=C/c3c(C)nn(-c4ccccc4)c3C)c(=O)n2C1c1ccccc1.